The van der Waals surface area contributed by atoms with Crippen LogP contribution < -0.4 is 16.0 Å². The lowest BCUT2D eigenvalue weighted by Gasteiger charge is -2.34. The molecule has 1 unspecified atom stereocenters. The molecule has 1 aliphatic heterocycles. The molecule has 1 aromatic heterocycles. The maximum atomic E-state index is 14.5. The van der Waals surface area contributed by atoms with Crippen molar-refractivity contribution in [3.05, 3.63) is 58.9 Å². The van der Waals surface area contributed by atoms with Crippen LogP contribution in [-0.2, 0) is 25.5 Å². The molecule has 2 heterocycles. The Morgan fingerprint density at radius 2 is 1.67 bits per heavy atom. The number of phenols is 1. The molecule has 1 fully saturated rings. The third kappa shape index (κ3) is 6.95. The molecule has 6 atom stereocenters. The van der Waals surface area contributed by atoms with Crippen molar-refractivity contribution >= 4 is 23.7 Å². The van der Waals surface area contributed by atoms with E-state index in [1.807, 2.05) is 0 Å². The Morgan fingerprint density at radius 3 is 2.29 bits per heavy atom. The molecule has 2 aromatic rings. The van der Waals surface area contributed by atoms with E-state index in [2.05, 4.69) is 20.9 Å². The number of rotatable bonds is 5. The number of aliphatic hydroxyl groups is 1. The van der Waals surface area contributed by atoms with E-state index in [0.717, 1.165) is 6.92 Å². The monoisotopic (exact) mass is 598 g/mol. The lowest BCUT2D eigenvalue weighted by molar-refractivity contribution is -0.166. The van der Waals surface area contributed by atoms with Gasteiger partial charge in [0.25, 0.3) is 17.8 Å². The van der Waals surface area contributed by atoms with E-state index < -0.39 is 107 Å². The number of aliphatic hydroxyl groups excluding tert-OH is 1. The van der Waals surface area contributed by atoms with Crippen LogP contribution in [0.5, 0.6) is 5.75 Å². The molecule has 1 aliphatic rings. The van der Waals surface area contributed by atoms with E-state index in [9.17, 15) is 47.0 Å². The summed E-state index contributed by atoms with van der Waals surface area (Å²) in [6.45, 7) is 5.60. The van der Waals surface area contributed by atoms with Gasteiger partial charge in [0.15, 0.2) is 11.9 Å². The zero-order chi connectivity index (χ0) is 31.5. The van der Waals surface area contributed by atoms with Gasteiger partial charge in [0.2, 0.25) is 17.7 Å². The van der Waals surface area contributed by atoms with Gasteiger partial charge in [0.1, 0.15) is 11.8 Å². The van der Waals surface area contributed by atoms with Gasteiger partial charge in [-0.15, -0.1) is 0 Å². The molecule has 5 N–H and O–H groups in total. The highest BCUT2D eigenvalue weighted by atomic mass is 19.2. The minimum absolute atomic E-state index is 0.230. The fourth-order valence-corrected chi connectivity index (χ4v) is 4.34. The molecule has 0 radical (unpaired) electrons. The fourth-order valence-electron chi connectivity index (χ4n) is 4.34. The van der Waals surface area contributed by atoms with Gasteiger partial charge in [-0.2, -0.15) is 18.2 Å². The van der Waals surface area contributed by atoms with Crippen molar-refractivity contribution in [3.63, 3.8) is 0 Å². The highest BCUT2D eigenvalue weighted by molar-refractivity contribution is 6.00. The summed E-state index contributed by atoms with van der Waals surface area (Å²) in [7, 11) is 0. The number of nitrogens with one attached hydrogen (secondary N) is 3. The van der Waals surface area contributed by atoms with Gasteiger partial charge in [0, 0.05) is 12.0 Å². The number of phenolic OH excluding ortho intramolecular Hbond substituents is 1. The van der Waals surface area contributed by atoms with Crippen LogP contribution >= 0.6 is 0 Å². The fraction of sp³-hybridized carbons (Fsp3) is 0.444. The zero-order valence-electron chi connectivity index (χ0n) is 23.0. The van der Waals surface area contributed by atoms with Crippen molar-refractivity contribution in [2.75, 3.05) is 0 Å². The summed E-state index contributed by atoms with van der Waals surface area (Å²) in [5.74, 6) is -14.4. The number of para-hydroxylation sites is 1. The van der Waals surface area contributed by atoms with Gasteiger partial charge in [-0.25, -0.2) is 4.39 Å². The van der Waals surface area contributed by atoms with Gasteiger partial charge in [-0.05, 0) is 31.9 Å². The number of hydrogen-bond donors (Lipinski definition) is 5. The molecule has 11 nitrogen and oxygen atoms in total. The van der Waals surface area contributed by atoms with E-state index in [1.165, 1.54) is 31.2 Å². The number of aromatic hydroxyl groups is 1. The minimum atomic E-state index is -2.10. The first-order valence-electron chi connectivity index (χ1n) is 12.9. The Bertz CT molecular complexity index is 1380. The second-order valence-electron chi connectivity index (χ2n) is 10.3. The van der Waals surface area contributed by atoms with Crippen LogP contribution in [0.15, 0.2) is 24.3 Å². The summed E-state index contributed by atoms with van der Waals surface area (Å²) in [6, 6.07) is 0.756. The number of nitrogens with zero attached hydrogens (tertiary/aromatic N) is 1. The first-order chi connectivity index (χ1) is 19.6. The van der Waals surface area contributed by atoms with Gasteiger partial charge < -0.3 is 30.9 Å². The summed E-state index contributed by atoms with van der Waals surface area (Å²) in [4.78, 5) is 55.1. The predicted octanol–water partition coefficient (Wildman–Crippen LogP) is 1.25. The molecule has 3 rings (SSSR count). The van der Waals surface area contributed by atoms with Crippen molar-refractivity contribution in [3.8, 4) is 5.75 Å². The molecular weight excluding hydrogens is 568 g/mol. The first kappa shape index (κ1) is 32.2. The maximum absolute atomic E-state index is 14.5. The SMILES string of the molecule is CC(C)C1OC(=O)[C@H](C)[C@H](O)[C@H](Cc2c(F)nc(F)c(F)c2F)NC(=O)[C@@H](NC(=O)c2ccccc2O)[C@@H](C)NC1=O. The molecule has 3 amide bonds. The number of benzene rings is 1. The maximum Gasteiger partial charge on any atom is 0.312 e. The van der Waals surface area contributed by atoms with Crippen molar-refractivity contribution in [1.82, 2.24) is 20.9 Å². The van der Waals surface area contributed by atoms with Crippen LogP contribution in [0, 0.1) is 35.4 Å². The molecule has 1 aromatic carbocycles. The topological polar surface area (TPSA) is 167 Å². The van der Waals surface area contributed by atoms with Crippen LogP contribution in [0.4, 0.5) is 17.6 Å². The minimum Gasteiger partial charge on any atom is -0.507 e. The van der Waals surface area contributed by atoms with Crippen molar-refractivity contribution in [1.29, 1.82) is 0 Å². The summed E-state index contributed by atoms with van der Waals surface area (Å²) < 4.78 is 61.6. The average Bonchev–Trinajstić information content (AvgIpc) is 2.93. The number of esters is 1. The first-order valence-corrected chi connectivity index (χ1v) is 12.9. The molecular formula is C27H30F4N4O7. The second-order valence-corrected chi connectivity index (χ2v) is 10.3. The zero-order valence-corrected chi connectivity index (χ0v) is 23.0. The Morgan fingerprint density at radius 1 is 1.02 bits per heavy atom. The van der Waals surface area contributed by atoms with Crippen LogP contribution in [-0.4, -0.2) is 69.2 Å². The van der Waals surface area contributed by atoms with E-state index in [0.29, 0.717) is 0 Å². The van der Waals surface area contributed by atoms with E-state index in [-0.39, 0.29) is 5.56 Å². The quantitative estimate of drug-likeness (QED) is 0.195. The van der Waals surface area contributed by atoms with Gasteiger partial charge in [0.05, 0.1) is 29.7 Å². The van der Waals surface area contributed by atoms with Crippen molar-refractivity contribution in [2.24, 2.45) is 11.8 Å². The smallest absolute Gasteiger partial charge is 0.312 e. The van der Waals surface area contributed by atoms with E-state index in [1.54, 1.807) is 13.8 Å². The van der Waals surface area contributed by atoms with Crippen LogP contribution in [0.25, 0.3) is 0 Å². The van der Waals surface area contributed by atoms with Crippen molar-refractivity contribution < 1.29 is 51.7 Å². The summed E-state index contributed by atoms with van der Waals surface area (Å²) in [5, 5.41) is 28.2. The summed E-state index contributed by atoms with van der Waals surface area (Å²) in [6.07, 6.45) is -4.37. The number of hydrogen-bond acceptors (Lipinski definition) is 8. The van der Waals surface area contributed by atoms with E-state index >= 15 is 0 Å². The average molecular weight is 599 g/mol. The lowest BCUT2D eigenvalue weighted by atomic mass is 9.92. The number of carbonyl (C=O) groups is 4. The van der Waals surface area contributed by atoms with Crippen LogP contribution in [0.3, 0.4) is 0 Å². The third-order valence-electron chi connectivity index (χ3n) is 6.83. The summed E-state index contributed by atoms with van der Waals surface area (Å²) in [5.41, 5.74) is -1.37. The molecule has 0 bridgehead atoms. The highest BCUT2D eigenvalue weighted by Gasteiger charge is 2.40. The van der Waals surface area contributed by atoms with Gasteiger partial charge in [-0.3, -0.25) is 19.2 Å². The van der Waals surface area contributed by atoms with Crippen LogP contribution in [0.1, 0.15) is 43.6 Å². The molecule has 228 valence electrons. The van der Waals surface area contributed by atoms with Gasteiger partial charge >= 0.3 is 5.97 Å². The third-order valence-corrected chi connectivity index (χ3v) is 6.83. The number of amides is 3. The Balaban J connectivity index is 2.07. The Labute approximate surface area is 237 Å². The van der Waals surface area contributed by atoms with Crippen LogP contribution in [0.2, 0.25) is 0 Å². The Hall–Kier alpha value is -4.27. The van der Waals surface area contributed by atoms with Gasteiger partial charge in [-0.1, -0.05) is 26.0 Å². The normalized spacial score (nSPS) is 25.5. The standard InChI is InChI=1S/C27H30F4N4O7/c1-10(2)21-26(40)32-12(4)19(34-24(38)13-7-5-6-8-16(13)36)25(39)33-15(20(37)11(3)27(41)42-21)9-14-17(28)18(29)23(31)35-22(14)30/h5-8,10-12,15,19-21,36-37H,9H2,1-4H3,(H,32,40)(H,33,39)(H,34,38)/t11-,12-,15+,19+,20+,21?/m1/s1. The summed E-state index contributed by atoms with van der Waals surface area (Å²) >= 11 is 0. The largest absolute Gasteiger partial charge is 0.507 e. The predicted molar refractivity (Wildman–Crippen MR) is 137 cm³/mol. The van der Waals surface area contributed by atoms with E-state index in [4.69, 9.17) is 4.74 Å². The molecule has 1 saturated heterocycles. The number of aromatic nitrogens is 1. The highest BCUT2D eigenvalue weighted by Crippen LogP contribution is 2.23. The van der Waals surface area contributed by atoms with Crippen molar-refractivity contribution in [2.45, 2.75) is 64.4 Å². The lowest BCUT2D eigenvalue weighted by Crippen LogP contribution is -2.62. The number of pyridine rings is 1. The number of ether oxygens (including phenoxy) is 1. The molecule has 15 heteroatoms. The number of cyclic esters (lactones) is 1. The molecule has 0 aliphatic carbocycles. The molecule has 0 spiro atoms. The second kappa shape index (κ2) is 13.1. The molecule has 0 saturated carbocycles. The molecule has 42 heavy (non-hydrogen) atoms. The number of halogens is 4. The number of carbonyl (C=O) groups excluding carboxylic acids is 4. The Kier molecular flexibility index (Phi) is 10.1.